The quantitative estimate of drug-likeness (QED) is 0.718. The number of carbonyl (C=O) groups excluding carboxylic acids is 1. The molecule has 2 nitrogen and oxygen atoms in total. The maximum absolute atomic E-state index is 12.5. The van der Waals surface area contributed by atoms with Gasteiger partial charge in [0.25, 0.3) is 5.91 Å². The molecule has 0 aromatic heterocycles. The highest BCUT2D eigenvalue weighted by Crippen LogP contribution is 2.24. The molecule has 0 N–H and O–H groups in total. The molecule has 1 aromatic rings. The zero-order valence-electron chi connectivity index (χ0n) is 10.5. The minimum absolute atomic E-state index is 0.0578. The molecule has 1 heterocycles. The van der Waals surface area contributed by atoms with E-state index in [0.29, 0.717) is 22.4 Å². The van der Waals surface area contributed by atoms with Gasteiger partial charge < -0.3 is 4.90 Å². The van der Waals surface area contributed by atoms with Crippen LogP contribution >= 0.6 is 39.1 Å². The Morgan fingerprint density at radius 3 is 2.89 bits per heavy atom. The SMILES string of the molecule is O=C(c1cc(Cl)cc(Br)c1)N1CCCC(CCCl)C1. The molecule has 19 heavy (non-hydrogen) atoms. The van der Waals surface area contributed by atoms with E-state index in [-0.39, 0.29) is 5.91 Å². The molecule has 0 bridgehead atoms. The number of amides is 1. The van der Waals surface area contributed by atoms with Crippen LogP contribution in [0, 0.1) is 5.92 Å². The zero-order chi connectivity index (χ0) is 13.8. The van der Waals surface area contributed by atoms with Crippen molar-refractivity contribution in [2.45, 2.75) is 19.3 Å². The van der Waals surface area contributed by atoms with E-state index in [2.05, 4.69) is 15.9 Å². The maximum Gasteiger partial charge on any atom is 0.253 e. The minimum atomic E-state index is 0.0578. The van der Waals surface area contributed by atoms with Crippen molar-refractivity contribution in [2.24, 2.45) is 5.92 Å². The number of likely N-dealkylation sites (tertiary alicyclic amines) is 1. The van der Waals surface area contributed by atoms with E-state index in [0.717, 1.165) is 36.8 Å². The van der Waals surface area contributed by atoms with Crippen LogP contribution in [0.25, 0.3) is 0 Å². The lowest BCUT2D eigenvalue weighted by Crippen LogP contribution is -2.40. The van der Waals surface area contributed by atoms with E-state index < -0.39 is 0 Å². The van der Waals surface area contributed by atoms with Gasteiger partial charge in [0.1, 0.15) is 0 Å². The highest BCUT2D eigenvalue weighted by Gasteiger charge is 2.24. The van der Waals surface area contributed by atoms with Crippen molar-refractivity contribution in [3.05, 3.63) is 33.3 Å². The summed E-state index contributed by atoms with van der Waals surface area (Å²) in [5.41, 5.74) is 0.644. The zero-order valence-corrected chi connectivity index (χ0v) is 13.6. The summed E-state index contributed by atoms with van der Waals surface area (Å²) in [6.45, 7) is 1.62. The first-order chi connectivity index (χ1) is 9.10. The van der Waals surface area contributed by atoms with Crippen LogP contribution in [0.2, 0.25) is 5.02 Å². The van der Waals surface area contributed by atoms with Crippen LogP contribution < -0.4 is 0 Å². The van der Waals surface area contributed by atoms with Crippen LogP contribution in [0.5, 0.6) is 0 Å². The van der Waals surface area contributed by atoms with E-state index in [9.17, 15) is 4.79 Å². The van der Waals surface area contributed by atoms with Gasteiger partial charge in [0, 0.05) is 34.0 Å². The van der Waals surface area contributed by atoms with Gasteiger partial charge in [-0.15, -0.1) is 11.6 Å². The van der Waals surface area contributed by atoms with Gasteiger partial charge in [0.05, 0.1) is 0 Å². The average Bonchev–Trinajstić information content (AvgIpc) is 2.37. The maximum atomic E-state index is 12.5. The predicted molar refractivity (Wildman–Crippen MR) is 83.1 cm³/mol. The number of alkyl halides is 1. The molecule has 2 rings (SSSR count). The summed E-state index contributed by atoms with van der Waals surface area (Å²) < 4.78 is 0.831. The van der Waals surface area contributed by atoms with Crippen LogP contribution in [-0.2, 0) is 0 Å². The highest BCUT2D eigenvalue weighted by atomic mass is 79.9. The van der Waals surface area contributed by atoms with Crippen molar-refractivity contribution in [3.63, 3.8) is 0 Å². The lowest BCUT2D eigenvalue weighted by Gasteiger charge is -2.32. The summed E-state index contributed by atoms with van der Waals surface area (Å²) in [7, 11) is 0. The number of rotatable bonds is 3. The Morgan fingerprint density at radius 1 is 1.42 bits per heavy atom. The monoisotopic (exact) mass is 363 g/mol. The smallest absolute Gasteiger partial charge is 0.253 e. The van der Waals surface area contributed by atoms with E-state index in [4.69, 9.17) is 23.2 Å². The van der Waals surface area contributed by atoms with Gasteiger partial charge in [-0.1, -0.05) is 27.5 Å². The normalized spacial score (nSPS) is 19.5. The van der Waals surface area contributed by atoms with Crippen LogP contribution in [0.1, 0.15) is 29.6 Å². The van der Waals surface area contributed by atoms with Crippen molar-refractivity contribution in [1.82, 2.24) is 4.90 Å². The lowest BCUT2D eigenvalue weighted by atomic mass is 9.95. The summed E-state index contributed by atoms with van der Waals surface area (Å²) in [6.07, 6.45) is 3.19. The van der Waals surface area contributed by atoms with Crippen LogP contribution in [-0.4, -0.2) is 29.8 Å². The third-order valence-electron chi connectivity index (χ3n) is 3.43. The largest absolute Gasteiger partial charge is 0.338 e. The summed E-state index contributed by atoms with van der Waals surface area (Å²) in [4.78, 5) is 14.4. The third kappa shape index (κ3) is 4.11. The Kier molecular flexibility index (Phi) is 5.55. The minimum Gasteiger partial charge on any atom is -0.338 e. The number of hydrogen-bond acceptors (Lipinski definition) is 1. The molecule has 104 valence electrons. The van der Waals surface area contributed by atoms with E-state index in [1.54, 1.807) is 12.1 Å². The summed E-state index contributed by atoms with van der Waals surface area (Å²) in [5.74, 6) is 1.25. The Morgan fingerprint density at radius 2 is 2.21 bits per heavy atom. The molecule has 1 aliphatic rings. The van der Waals surface area contributed by atoms with Gasteiger partial charge in [-0.05, 0) is 43.4 Å². The van der Waals surface area contributed by atoms with Crippen LogP contribution in [0.15, 0.2) is 22.7 Å². The molecule has 1 amide bonds. The van der Waals surface area contributed by atoms with Gasteiger partial charge in [0.15, 0.2) is 0 Å². The van der Waals surface area contributed by atoms with Crippen molar-refractivity contribution in [3.8, 4) is 0 Å². The van der Waals surface area contributed by atoms with Gasteiger partial charge in [0.2, 0.25) is 0 Å². The van der Waals surface area contributed by atoms with Gasteiger partial charge in [-0.2, -0.15) is 0 Å². The van der Waals surface area contributed by atoms with Gasteiger partial charge in [-0.3, -0.25) is 4.79 Å². The van der Waals surface area contributed by atoms with E-state index >= 15 is 0 Å². The molecule has 1 atom stereocenters. The molecular formula is C14H16BrCl2NO. The second-order valence-electron chi connectivity index (χ2n) is 4.90. The second kappa shape index (κ2) is 6.96. The first kappa shape index (κ1) is 15.1. The lowest BCUT2D eigenvalue weighted by molar-refractivity contribution is 0.0671. The van der Waals surface area contributed by atoms with Gasteiger partial charge in [-0.25, -0.2) is 0 Å². The molecule has 0 radical (unpaired) electrons. The number of benzene rings is 1. The molecule has 0 aliphatic carbocycles. The Bertz CT molecular complexity index is 445. The number of carbonyl (C=O) groups is 1. The standard InChI is InChI=1S/C14H16BrCl2NO/c15-12-6-11(7-13(17)8-12)14(19)18-5-1-2-10(9-18)3-4-16/h6-8,10H,1-5,9H2. The Labute approximate surface area is 132 Å². The van der Waals surface area contributed by atoms with E-state index in [1.807, 2.05) is 11.0 Å². The molecule has 1 unspecified atom stereocenters. The summed E-state index contributed by atoms with van der Waals surface area (Å²) in [5, 5.41) is 0.576. The fourth-order valence-corrected chi connectivity index (χ4v) is 3.67. The molecule has 0 spiro atoms. The van der Waals surface area contributed by atoms with Crippen LogP contribution in [0.4, 0.5) is 0 Å². The molecule has 1 fully saturated rings. The average molecular weight is 365 g/mol. The number of halogens is 3. The number of piperidine rings is 1. The molecule has 1 saturated heterocycles. The summed E-state index contributed by atoms with van der Waals surface area (Å²) >= 11 is 15.2. The number of nitrogens with zero attached hydrogens (tertiary/aromatic N) is 1. The third-order valence-corrected chi connectivity index (χ3v) is 4.33. The van der Waals surface area contributed by atoms with Gasteiger partial charge >= 0.3 is 0 Å². The van der Waals surface area contributed by atoms with E-state index in [1.165, 1.54) is 0 Å². The molecular weight excluding hydrogens is 349 g/mol. The molecule has 1 aliphatic heterocycles. The highest BCUT2D eigenvalue weighted by molar-refractivity contribution is 9.10. The first-order valence-corrected chi connectivity index (χ1v) is 8.12. The fourth-order valence-electron chi connectivity index (χ4n) is 2.50. The molecule has 5 heteroatoms. The predicted octanol–water partition coefficient (Wildman–Crippen LogP) is 4.58. The van der Waals surface area contributed by atoms with Crippen molar-refractivity contribution in [2.75, 3.05) is 19.0 Å². The van der Waals surface area contributed by atoms with Crippen LogP contribution in [0.3, 0.4) is 0 Å². The fraction of sp³-hybridized carbons (Fsp3) is 0.500. The Balaban J connectivity index is 2.10. The summed E-state index contributed by atoms with van der Waals surface area (Å²) in [6, 6.07) is 5.32. The second-order valence-corrected chi connectivity index (χ2v) is 6.63. The number of hydrogen-bond donors (Lipinski definition) is 0. The molecule has 1 aromatic carbocycles. The van der Waals surface area contributed by atoms with Crippen molar-refractivity contribution in [1.29, 1.82) is 0 Å². The Hall–Kier alpha value is -0.250. The van der Waals surface area contributed by atoms with Crippen molar-refractivity contribution >= 4 is 45.0 Å². The molecule has 0 saturated carbocycles. The van der Waals surface area contributed by atoms with Crippen molar-refractivity contribution < 1.29 is 4.79 Å². The topological polar surface area (TPSA) is 20.3 Å². The first-order valence-electron chi connectivity index (χ1n) is 6.41.